The van der Waals surface area contributed by atoms with Crippen LogP contribution < -0.4 is 10.6 Å². The normalized spacial score (nSPS) is 18.5. The van der Waals surface area contributed by atoms with Crippen LogP contribution >= 0.6 is 11.3 Å². The molecule has 244 valence electrons. The Labute approximate surface area is 272 Å². The number of aromatic nitrogens is 1. The summed E-state index contributed by atoms with van der Waals surface area (Å²) < 4.78 is 24.6. The van der Waals surface area contributed by atoms with Crippen LogP contribution in [0.3, 0.4) is 0 Å². The van der Waals surface area contributed by atoms with Crippen LogP contribution in [0.1, 0.15) is 58.7 Å². The van der Waals surface area contributed by atoms with Crippen molar-refractivity contribution >= 4 is 40.2 Å². The van der Waals surface area contributed by atoms with Crippen molar-refractivity contribution < 1.29 is 28.2 Å². The number of fused-ring (bicyclic) bond motifs is 1. The quantitative estimate of drug-likeness (QED) is 0.290. The molecule has 5 rings (SSSR count). The molecule has 2 aliphatic rings. The standard InChI is InChI=1S/C34H40FN5O5S/c1-33(2,3)28(38-31(42)45-34(4,5)6)29(41)39-17-16-26-27(39)24(18-40(26)32(43)44-19-21-10-8-7-9-11-21)25-20-46-30(37-25)36-23-14-12-22(35)13-15-23/h7-16,20,24,27-28H,17-19H2,1-6H3,(H,36,37)(H,38,42). The highest BCUT2D eigenvalue weighted by Crippen LogP contribution is 2.43. The Morgan fingerprint density at radius 3 is 2.39 bits per heavy atom. The van der Waals surface area contributed by atoms with E-state index in [1.54, 1.807) is 42.7 Å². The summed E-state index contributed by atoms with van der Waals surface area (Å²) in [5.74, 6) is -1.00. The van der Waals surface area contributed by atoms with Gasteiger partial charge in [0.1, 0.15) is 24.1 Å². The first kappa shape index (κ1) is 32.9. The van der Waals surface area contributed by atoms with E-state index < -0.39 is 35.3 Å². The molecule has 3 aromatic rings. The number of amides is 3. The van der Waals surface area contributed by atoms with Crippen LogP contribution in [0.15, 0.2) is 71.8 Å². The van der Waals surface area contributed by atoms with E-state index in [-0.39, 0.29) is 37.3 Å². The van der Waals surface area contributed by atoms with Crippen LogP contribution in [0.4, 0.5) is 24.8 Å². The van der Waals surface area contributed by atoms with Gasteiger partial charge in [0.05, 0.1) is 11.7 Å². The number of carbonyl (C=O) groups excluding carboxylic acids is 3. The Morgan fingerprint density at radius 1 is 1.04 bits per heavy atom. The summed E-state index contributed by atoms with van der Waals surface area (Å²) in [6, 6.07) is 14.0. The molecule has 0 saturated carbocycles. The van der Waals surface area contributed by atoms with E-state index in [1.165, 1.54) is 23.5 Å². The number of thiazole rings is 1. The van der Waals surface area contributed by atoms with Crippen molar-refractivity contribution in [2.45, 2.75) is 71.8 Å². The maximum absolute atomic E-state index is 14.3. The number of halogens is 1. The van der Waals surface area contributed by atoms with Gasteiger partial charge >= 0.3 is 12.2 Å². The number of alkyl carbamates (subject to hydrolysis) is 1. The van der Waals surface area contributed by atoms with E-state index in [1.807, 2.05) is 62.6 Å². The van der Waals surface area contributed by atoms with E-state index in [0.29, 0.717) is 22.2 Å². The SMILES string of the molecule is CC(C)(C)OC(=O)NC(C(=O)N1CC=C2C1C(c1csc(Nc3ccc(F)cc3)n1)CN2C(=O)OCc1ccccc1)C(C)(C)C. The van der Waals surface area contributed by atoms with Gasteiger partial charge in [-0.3, -0.25) is 9.69 Å². The first-order chi connectivity index (χ1) is 21.7. The number of hydrogen-bond acceptors (Lipinski definition) is 8. The lowest BCUT2D eigenvalue weighted by Crippen LogP contribution is -2.57. The second-order valence-corrected chi connectivity index (χ2v) is 14.3. The number of rotatable bonds is 7. The molecule has 1 saturated heterocycles. The van der Waals surface area contributed by atoms with Crippen LogP contribution in [0, 0.1) is 11.2 Å². The third-order valence-electron chi connectivity index (χ3n) is 7.69. The number of benzene rings is 2. The summed E-state index contributed by atoms with van der Waals surface area (Å²) in [5.41, 5.74) is 1.50. The zero-order valence-electron chi connectivity index (χ0n) is 26.9. The summed E-state index contributed by atoms with van der Waals surface area (Å²) in [7, 11) is 0. The first-order valence-corrected chi connectivity index (χ1v) is 16.0. The maximum Gasteiger partial charge on any atom is 0.414 e. The van der Waals surface area contributed by atoms with Crippen molar-refractivity contribution in [2.24, 2.45) is 5.41 Å². The third kappa shape index (κ3) is 7.67. The number of carbonyl (C=O) groups is 3. The van der Waals surface area contributed by atoms with E-state index in [2.05, 4.69) is 10.6 Å². The van der Waals surface area contributed by atoms with Crippen LogP contribution in [-0.4, -0.2) is 63.7 Å². The highest BCUT2D eigenvalue weighted by molar-refractivity contribution is 7.13. The lowest BCUT2D eigenvalue weighted by Gasteiger charge is -2.36. The molecule has 3 unspecified atom stereocenters. The Morgan fingerprint density at radius 2 is 1.74 bits per heavy atom. The predicted octanol–water partition coefficient (Wildman–Crippen LogP) is 6.80. The molecule has 2 aliphatic heterocycles. The zero-order valence-corrected chi connectivity index (χ0v) is 27.7. The van der Waals surface area contributed by atoms with Crippen molar-refractivity contribution in [3.63, 3.8) is 0 Å². The fraction of sp³-hybridized carbons (Fsp3) is 0.412. The predicted molar refractivity (Wildman–Crippen MR) is 174 cm³/mol. The summed E-state index contributed by atoms with van der Waals surface area (Å²) in [5, 5.41) is 8.49. The van der Waals surface area contributed by atoms with Crippen molar-refractivity contribution in [2.75, 3.05) is 18.4 Å². The van der Waals surface area contributed by atoms with Crippen molar-refractivity contribution in [3.05, 3.63) is 88.8 Å². The topological polar surface area (TPSA) is 113 Å². The van der Waals surface area contributed by atoms with Gasteiger partial charge in [0.2, 0.25) is 5.91 Å². The lowest BCUT2D eigenvalue weighted by atomic mass is 9.85. The summed E-state index contributed by atoms with van der Waals surface area (Å²) in [4.78, 5) is 48.7. The van der Waals surface area contributed by atoms with Gasteiger partial charge in [-0.05, 0) is 62.1 Å². The molecule has 12 heteroatoms. The highest BCUT2D eigenvalue weighted by Gasteiger charge is 2.51. The molecule has 0 aliphatic carbocycles. The minimum atomic E-state index is -0.902. The van der Waals surface area contributed by atoms with Crippen LogP contribution in [0.2, 0.25) is 0 Å². The van der Waals surface area contributed by atoms with Gasteiger partial charge in [-0.15, -0.1) is 11.3 Å². The molecule has 46 heavy (non-hydrogen) atoms. The molecule has 2 N–H and O–H groups in total. The number of nitrogens with one attached hydrogen (secondary N) is 2. The molecule has 10 nitrogen and oxygen atoms in total. The summed E-state index contributed by atoms with van der Waals surface area (Å²) in [6.45, 7) is 11.5. The van der Waals surface area contributed by atoms with Crippen molar-refractivity contribution in [1.82, 2.24) is 20.1 Å². The van der Waals surface area contributed by atoms with Crippen LogP contribution in [0.25, 0.3) is 0 Å². The van der Waals surface area contributed by atoms with Gasteiger partial charge in [-0.25, -0.2) is 19.0 Å². The molecule has 1 aromatic heterocycles. The Hall–Kier alpha value is -4.45. The van der Waals surface area contributed by atoms with Gasteiger partial charge in [0, 0.05) is 35.8 Å². The van der Waals surface area contributed by atoms with Crippen LogP contribution in [-0.2, 0) is 20.9 Å². The number of nitrogens with zero attached hydrogens (tertiary/aromatic N) is 3. The molecular weight excluding hydrogens is 609 g/mol. The second-order valence-electron chi connectivity index (χ2n) is 13.5. The van der Waals surface area contributed by atoms with E-state index in [9.17, 15) is 18.8 Å². The Kier molecular flexibility index (Phi) is 9.39. The van der Waals surface area contributed by atoms with Gasteiger partial charge < -0.3 is 25.0 Å². The minimum Gasteiger partial charge on any atom is -0.444 e. The first-order valence-electron chi connectivity index (χ1n) is 15.2. The Balaban J connectivity index is 1.41. The van der Waals surface area contributed by atoms with Gasteiger partial charge in [-0.2, -0.15) is 0 Å². The van der Waals surface area contributed by atoms with E-state index >= 15 is 0 Å². The third-order valence-corrected chi connectivity index (χ3v) is 8.46. The van der Waals surface area contributed by atoms with E-state index in [4.69, 9.17) is 14.5 Å². The summed E-state index contributed by atoms with van der Waals surface area (Å²) in [6.07, 6.45) is 0.665. The molecule has 2 aromatic carbocycles. The number of anilines is 2. The molecule has 3 heterocycles. The average molecular weight is 650 g/mol. The minimum absolute atomic E-state index is 0.107. The van der Waals surface area contributed by atoms with Gasteiger partial charge in [0.25, 0.3) is 0 Å². The molecule has 1 fully saturated rings. The fourth-order valence-electron chi connectivity index (χ4n) is 5.55. The molecular formula is C34H40FN5O5S. The molecule has 3 amide bonds. The molecule has 0 radical (unpaired) electrons. The molecule has 0 bridgehead atoms. The summed E-state index contributed by atoms with van der Waals surface area (Å²) >= 11 is 1.37. The molecule has 3 atom stereocenters. The maximum atomic E-state index is 14.3. The van der Waals surface area contributed by atoms with Crippen molar-refractivity contribution in [3.8, 4) is 0 Å². The average Bonchev–Trinajstić information content (AvgIpc) is 3.71. The van der Waals surface area contributed by atoms with Gasteiger partial charge in [-0.1, -0.05) is 51.1 Å². The zero-order chi connectivity index (χ0) is 33.2. The lowest BCUT2D eigenvalue weighted by molar-refractivity contribution is -0.136. The smallest absolute Gasteiger partial charge is 0.414 e. The second kappa shape index (κ2) is 13.1. The monoisotopic (exact) mass is 649 g/mol. The molecule has 0 spiro atoms. The Bertz CT molecular complexity index is 1600. The van der Waals surface area contributed by atoms with Crippen LogP contribution in [0.5, 0.6) is 0 Å². The largest absolute Gasteiger partial charge is 0.444 e. The highest BCUT2D eigenvalue weighted by atomic mass is 32.1. The fourth-order valence-corrected chi connectivity index (χ4v) is 6.35. The van der Waals surface area contributed by atoms with Crippen molar-refractivity contribution in [1.29, 1.82) is 0 Å². The number of hydrogen-bond donors (Lipinski definition) is 2. The van der Waals surface area contributed by atoms with E-state index in [0.717, 1.165) is 5.56 Å². The number of likely N-dealkylation sites (tertiary alicyclic amines) is 1. The number of ether oxygens (including phenoxy) is 2. The van der Waals surface area contributed by atoms with Gasteiger partial charge in [0.15, 0.2) is 5.13 Å².